The second-order valence-corrected chi connectivity index (χ2v) is 8.83. The van der Waals surface area contributed by atoms with Gasteiger partial charge in [0, 0.05) is 4.90 Å². The summed E-state index contributed by atoms with van der Waals surface area (Å²) < 4.78 is 14.6. The molecule has 6 nitrogen and oxygen atoms in total. The Morgan fingerprint density at radius 1 is 1.23 bits per heavy atom. The van der Waals surface area contributed by atoms with Crippen molar-refractivity contribution in [3.05, 3.63) is 59.0 Å². The van der Waals surface area contributed by atoms with Gasteiger partial charge in [-0.05, 0) is 48.9 Å². The summed E-state index contributed by atoms with van der Waals surface area (Å²) in [5.41, 5.74) is 0.380. The molecule has 1 saturated carbocycles. The number of anilines is 1. The summed E-state index contributed by atoms with van der Waals surface area (Å²) in [7, 11) is 0. The van der Waals surface area contributed by atoms with Gasteiger partial charge >= 0.3 is 0 Å². The highest BCUT2D eigenvalue weighted by Crippen LogP contribution is 2.31. The first-order chi connectivity index (χ1) is 15.0. The van der Waals surface area contributed by atoms with Gasteiger partial charge in [-0.15, -0.1) is 11.8 Å². The topological polar surface area (TPSA) is 76.9 Å². The number of thioether (sulfide) groups is 1. The summed E-state index contributed by atoms with van der Waals surface area (Å²) >= 11 is 1.58. The van der Waals surface area contributed by atoms with E-state index < -0.39 is 11.9 Å². The predicted molar refractivity (Wildman–Crippen MR) is 121 cm³/mol. The van der Waals surface area contributed by atoms with E-state index in [1.807, 2.05) is 18.4 Å². The normalized spacial score (nSPS) is 15.7. The quantitative estimate of drug-likeness (QED) is 0.557. The molecule has 1 fully saturated rings. The van der Waals surface area contributed by atoms with Gasteiger partial charge in [0.05, 0.1) is 23.4 Å². The van der Waals surface area contributed by atoms with Crippen LogP contribution in [0.3, 0.4) is 0 Å². The molecule has 0 spiro atoms. The molecule has 0 radical (unpaired) electrons. The molecule has 0 saturated heterocycles. The molecule has 1 N–H and O–H groups in total. The molecule has 1 aliphatic rings. The van der Waals surface area contributed by atoms with E-state index in [9.17, 15) is 14.0 Å². The first-order valence-corrected chi connectivity index (χ1v) is 11.7. The average molecular weight is 441 g/mol. The summed E-state index contributed by atoms with van der Waals surface area (Å²) in [6.07, 6.45) is 10.6. The van der Waals surface area contributed by atoms with Gasteiger partial charge in [0.1, 0.15) is 17.7 Å². The molecule has 1 aliphatic carbocycles. The molecular formula is C23H25FN4O2S. The number of pyridine rings is 1. The average Bonchev–Trinajstić information content (AvgIpc) is 2.80. The van der Waals surface area contributed by atoms with Gasteiger partial charge in [-0.2, -0.15) is 0 Å². The highest BCUT2D eigenvalue weighted by molar-refractivity contribution is 7.98. The van der Waals surface area contributed by atoms with Crippen molar-refractivity contribution < 1.29 is 9.18 Å². The van der Waals surface area contributed by atoms with Crippen molar-refractivity contribution in [2.24, 2.45) is 5.92 Å². The number of carbonyl (C=O) groups excluding carboxylic acids is 1. The van der Waals surface area contributed by atoms with Gasteiger partial charge in [-0.25, -0.2) is 14.4 Å². The van der Waals surface area contributed by atoms with Crippen LogP contribution in [0.4, 0.5) is 10.2 Å². The van der Waals surface area contributed by atoms with Gasteiger partial charge in [0.15, 0.2) is 0 Å². The van der Waals surface area contributed by atoms with Crippen molar-refractivity contribution in [2.75, 3.05) is 11.6 Å². The van der Waals surface area contributed by atoms with Crippen LogP contribution in [0, 0.1) is 11.7 Å². The van der Waals surface area contributed by atoms with E-state index in [0.717, 1.165) is 36.8 Å². The Bertz CT molecular complexity index is 1130. The minimum absolute atomic E-state index is 0.235. The largest absolute Gasteiger partial charge is 0.309 e. The predicted octanol–water partition coefficient (Wildman–Crippen LogP) is 4.80. The summed E-state index contributed by atoms with van der Waals surface area (Å²) in [6.45, 7) is 0. The molecule has 3 aromatic rings. The number of benzene rings is 1. The summed E-state index contributed by atoms with van der Waals surface area (Å²) in [6, 6.07) is 7.48. The summed E-state index contributed by atoms with van der Waals surface area (Å²) in [5.74, 6) is -0.191. The number of fused-ring (bicyclic) bond motifs is 1. The lowest BCUT2D eigenvalue weighted by Crippen LogP contribution is -2.35. The fourth-order valence-corrected chi connectivity index (χ4v) is 4.64. The highest BCUT2D eigenvalue weighted by Gasteiger charge is 2.27. The lowest BCUT2D eigenvalue weighted by molar-refractivity contribution is -0.120. The molecule has 2 heterocycles. The van der Waals surface area contributed by atoms with Crippen LogP contribution in [0.5, 0.6) is 0 Å². The Balaban J connectivity index is 1.68. The number of nitrogens with one attached hydrogen (secondary N) is 1. The van der Waals surface area contributed by atoms with Crippen LogP contribution in [0.25, 0.3) is 10.9 Å². The number of amides is 1. The Kier molecular flexibility index (Phi) is 6.65. The number of hydrogen-bond donors (Lipinski definition) is 1. The summed E-state index contributed by atoms with van der Waals surface area (Å²) in [4.78, 5) is 35.9. The smallest absolute Gasteiger partial charge is 0.261 e. The van der Waals surface area contributed by atoms with Crippen LogP contribution >= 0.6 is 11.8 Å². The van der Waals surface area contributed by atoms with Gasteiger partial charge in [0.2, 0.25) is 5.91 Å². The first kappa shape index (κ1) is 21.5. The number of hydrogen-bond acceptors (Lipinski definition) is 5. The number of rotatable bonds is 6. The van der Waals surface area contributed by atoms with Crippen molar-refractivity contribution in [2.45, 2.75) is 49.5 Å². The zero-order valence-corrected chi connectivity index (χ0v) is 18.2. The van der Waals surface area contributed by atoms with E-state index in [-0.39, 0.29) is 17.3 Å². The SMILES string of the molecule is CSc1ccc2c(=O)n(C(CC3CCCCC3)C(=O)Nc3ccc(F)cn3)cnc2c1. The molecule has 0 aliphatic heterocycles. The van der Waals surface area contributed by atoms with Gasteiger partial charge in [-0.1, -0.05) is 32.1 Å². The van der Waals surface area contributed by atoms with Crippen molar-refractivity contribution >= 4 is 34.4 Å². The summed E-state index contributed by atoms with van der Waals surface area (Å²) in [5, 5.41) is 3.23. The molecule has 1 amide bonds. The van der Waals surface area contributed by atoms with E-state index in [1.54, 1.807) is 17.8 Å². The first-order valence-electron chi connectivity index (χ1n) is 10.5. The van der Waals surface area contributed by atoms with Gasteiger partial charge < -0.3 is 5.32 Å². The zero-order chi connectivity index (χ0) is 21.8. The third-order valence-corrected chi connectivity index (χ3v) is 6.61. The minimum Gasteiger partial charge on any atom is -0.309 e. The van der Waals surface area contributed by atoms with Crippen LogP contribution in [0.1, 0.15) is 44.6 Å². The van der Waals surface area contributed by atoms with Crippen molar-refractivity contribution in [3.8, 4) is 0 Å². The van der Waals surface area contributed by atoms with Crippen molar-refractivity contribution in [3.63, 3.8) is 0 Å². The molecule has 2 aromatic heterocycles. The molecule has 162 valence electrons. The molecule has 8 heteroatoms. The Labute approximate surface area is 184 Å². The number of halogens is 1. The Morgan fingerprint density at radius 3 is 2.74 bits per heavy atom. The fraction of sp³-hybridized carbons (Fsp3) is 0.391. The lowest BCUT2D eigenvalue weighted by Gasteiger charge is -2.27. The van der Waals surface area contributed by atoms with Crippen LogP contribution < -0.4 is 10.9 Å². The minimum atomic E-state index is -0.709. The van der Waals surface area contributed by atoms with Crippen molar-refractivity contribution in [1.29, 1.82) is 0 Å². The lowest BCUT2D eigenvalue weighted by atomic mass is 9.84. The maximum absolute atomic E-state index is 13.3. The van der Waals surface area contributed by atoms with Crippen LogP contribution in [-0.2, 0) is 4.79 Å². The molecule has 1 atom stereocenters. The van der Waals surface area contributed by atoms with Crippen LogP contribution in [0.15, 0.2) is 52.5 Å². The monoisotopic (exact) mass is 440 g/mol. The van der Waals surface area contributed by atoms with E-state index in [1.165, 1.54) is 29.4 Å². The van der Waals surface area contributed by atoms with Gasteiger partial charge in [-0.3, -0.25) is 14.2 Å². The Hall–Kier alpha value is -2.74. The maximum Gasteiger partial charge on any atom is 0.261 e. The third kappa shape index (κ3) is 4.95. The fourth-order valence-electron chi connectivity index (χ4n) is 4.21. The zero-order valence-electron chi connectivity index (χ0n) is 17.4. The highest BCUT2D eigenvalue weighted by atomic mass is 32.2. The molecule has 31 heavy (non-hydrogen) atoms. The van der Waals surface area contributed by atoms with E-state index >= 15 is 0 Å². The van der Waals surface area contributed by atoms with E-state index in [2.05, 4.69) is 15.3 Å². The van der Waals surface area contributed by atoms with E-state index in [0.29, 0.717) is 23.2 Å². The molecular weight excluding hydrogens is 415 g/mol. The van der Waals surface area contributed by atoms with Crippen LogP contribution in [-0.4, -0.2) is 26.7 Å². The van der Waals surface area contributed by atoms with Crippen LogP contribution in [0.2, 0.25) is 0 Å². The van der Waals surface area contributed by atoms with E-state index in [4.69, 9.17) is 0 Å². The Morgan fingerprint density at radius 2 is 2.03 bits per heavy atom. The number of nitrogens with zero attached hydrogens (tertiary/aromatic N) is 3. The molecule has 4 rings (SSSR count). The van der Waals surface area contributed by atoms with Crippen molar-refractivity contribution in [1.82, 2.24) is 14.5 Å². The number of aromatic nitrogens is 3. The number of carbonyl (C=O) groups is 1. The molecule has 1 unspecified atom stereocenters. The second-order valence-electron chi connectivity index (χ2n) is 7.95. The second kappa shape index (κ2) is 9.60. The standard InChI is InChI=1S/C23H25FN4O2S/c1-31-17-8-9-18-19(12-17)26-14-28(23(18)30)20(11-15-5-3-2-4-6-15)22(29)27-21-10-7-16(24)13-25-21/h7-10,12-15,20H,2-6,11H2,1H3,(H,25,27,29). The maximum atomic E-state index is 13.3. The van der Waals surface area contributed by atoms with Gasteiger partial charge in [0.25, 0.3) is 5.56 Å². The molecule has 1 aromatic carbocycles. The third-order valence-electron chi connectivity index (χ3n) is 5.89. The molecule has 0 bridgehead atoms.